The summed E-state index contributed by atoms with van der Waals surface area (Å²) in [5.41, 5.74) is 1.17. The predicted molar refractivity (Wildman–Crippen MR) is 103 cm³/mol. The van der Waals surface area contributed by atoms with Crippen molar-refractivity contribution in [1.29, 1.82) is 0 Å². The van der Waals surface area contributed by atoms with Gasteiger partial charge in [-0.2, -0.15) is 0 Å². The number of aliphatic hydroxyl groups excluding tert-OH is 1. The number of cyclic esters (lactones) is 1. The van der Waals surface area contributed by atoms with E-state index < -0.39 is 22.8 Å². The summed E-state index contributed by atoms with van der Waals surface area (Å²) in [6, 6.07) is 8.35. The van der Waals surface area contributed by atoms with Crippen LogP contribution in [0.4, 0.5) is 5.69 Å². The lowest BCUT2D eigenvalue weighted by Gasteiger charge is -2.70. The Kier molecular flexibility index (Phi) is 3.03. The van der Waals surface area contributed by atoms with Gasteiger partial charge >= 0.3 is 5.97 Å². The van der Waals surface area contributed by atoms with Gasteiger partial charge in [0.25, 0.3) is 0 Å². The second-order valence-electron chi connectivity index (χ2n) is 8.95. The Labute approximate surface area is 164 Å². The van der Waals surface area contributed by atoms with Gasteiger partial charge in [0, 0.05) is 25.2 Å². The zero-order valence-corrected chi connectivity index (χ0v) is 16.5. The van der Waals surface area contributed by atoms with Gasteiger partial charge in [-0.05, 0) is 44.0 Å². The highest BCUT2D eigenvalue weighted by Crippen LogP contribution is 2.76. The number of esters is 1. The normalized spacial score (nSPS) is 47.6. The highest BCUT2D eigenvalue weighted by molar-refractivity contribution is 5.87. The van der Waals surface area contributed by atoms with Crippen LogP contribution in [0.15, 0.2) is 35.9 Å². The maximum absolute atomic E-state index is 13.7. The Morgan fingerprint density at radius 2 is 2.07 bits per heavy atom. The lowest BCUT2D eigenvalue weighted by Crippen LogP contribution is -2.85. The Balaban J connectivity index is 1.76. The lowest BCUT2D eigenvalue weighted by molar-refractivity contribution is -0.342. The number of aliphatic hydroxyl groups is 1. The van der Waals surface area contributed by atoms with E-state index in [1.165, 1.54) is 0 Å². The summed E-state index contributed by atoms with van der Waals surface area (Å²) in [5.74, 6) is -0.370. The quantitative estimate of drug-likeness (QED) is 0.544. The molecule has 6 atom stereocenters. The van der Waals surface area contributed by atoms with Gasteiger partial charge in [-0.1, -0.05) is 24.3 Å². The third-order valence-corrected chi connectivity index (χ3v) is 8.63. The lowest BCUT2D eigenvalue weighted by atomic mass is 9.42. The largest absolute Gasteiger partial charge is 0.461 e. The average Bonchev–Trinajstić information content (AvgIpc) is 3.16. The molecule has 6 nitrogen and oxygen atoms in total. The summed E-state index contributed by atoms with van der Waals surface area (Å²) < 4.78 is 12.0. The molecule has 148 valence electrons. The predicted octanol–water partition coefficient (Wildman–Crippen LogP) is 1.63. The number of fused-ring (bicyclic) bond motifs is 2. The minimum Gasteiger partial charge on any atom is -0.461 e. The molecule has 0 aromatic heterocycles. The van der Waals surface area contributed by atoms with Gasteiger partial charge in [0.15, 0.2) is 6.29 Å². The van der Waals surface area contributed by atoms with Crippen LogP contribution in [0.25, 0.3) is 0 Å². The molecule has 1 saturated carbocycles. The fourth-order valence-electron chi connectivity index (χ4n) is 7.84. The fourth-order valence-corrected chi connectivity index (χ4v) is 7.84. The highest BCUT2D eigenvalue weighted by Gasteiger charge is 2.88. The first-order valence-electron chi connectivity index (χ1n) is 10.2. The molecule has 6 aliphatic rings. The minimum absolute atomic E-state index is 0.0633. The summed E-state index contributed by atoms with van der Waals surface area (Å²) in [6.45, 7) is 3.16. The van der Waals surface area contributed by atoms with Gasteiger partial charge in [0.05, 0.1) is 11.5 Å². The third kappa shape index (κ3) is 1.34. The molecule has 0 radical (unpaired) electrons. The van der Waals surface area contributed by atoms with Crippen LogP contribution in [0.1, 0.15) is 25.3 Å². The van der Waals surface area contributed by atoms with Gasteiger partial charge < -0.3 is 19.5 Å². The van der Waals surface area contributed by atoms with E-state index in [1.54, 1.807) is 0 Å². The molecule has 1 aromatic carbocycles. The number of hydrogen-bond acceptors (Lipinski definition) is 6. The van der Waals surface area contributed by atoms with Crippen LogP contribution in [-0.2, 0) is 19.7 Å². The van der Waals surface area contributed by atoms with E-state index in [0.29, 0.717) is 6.61 Å². The van der Waals surface area contributed by atoms with Crippen molar-refractivity contribution in [2.75, 3.05) is 32.1 Å². The Morgan fingerprint density at radius 3 is 2.86 bits per heavy atom. The molecule has 1 N–H and O–H groups in total. The summed E-state index contributed by atoms with van der Waals surface area (Å²) in [4.78, 5) is 18.3. The molecule has 6 heteroatoms. The maximum atomic E-state index is 13.7. The molecule has 1 aliphatic carbocycles. The number of likely N-dealkylation sites (N-methyl/N-ethyl adjacent to an activating group) is 2. The number of allylic oxidation sites excluding steroid dienone is 1. The molecule has 7 rings (SSSR count). The van der Waals surface area contributed by atoms with E-state index in [2.05, 4.69) is 42.1 Å². The number of rotatable bonds is 0. The van der Waals surface area contributed by atoms with Crippen molar-refractivity contribution < 1.29 is 19.4 Å². The van der Waals surface area contributed by atoms with Crippen LogP contribution in [0.3, 0.4) is 0 Å². The summed E-state index contributed by atoms with van der Waals surface area (Å²) >= 11 is 0. The first kappa shape index (κ1) is 17.0. The van der Waals surface area contributed by atoms with Gasteiger partial charge in [-0.25, -0.2) is 0 Å². The number of anilines is 1. The monoisotopic (exact) mass is 382 g/mol. The minimum atomic E-state index is -1.17. The standard InChI is InChI=1S/C22H26N2O4/c1-4-13-12-27-18(25)21-15(13)11-17(28-19(21)26)22-20(21,9-10-23(22)2)14-7-5-6-8-16(14)24(22)3/h4-8,15,17,19,26H,9-12H2,1-3H3/t15-,17-,19+,20-,21+,22+/m0/s1. The number of ether oxygens (including phenoxy) is 2. The number of para-hydroxylation sites is 1. The molecular formula is C22H26N2O4. The van der Waals surface area contributed by atoms with Crippen LogP contribution in [0, 0.1) is 11.3 Å². The van der Waals surface area contributed by atoms with Crippen LogP contribution >= 0.6 is 0 Å². The van der Waals surface area contributed by atoms with E-state index in [-0.39, 0.29) is 18.0 Å². The molecule has 4 saturated heterocycles. The van der Waals surface area contributed by atoms with Crippen molar-refractivity contribution >= 4 is 11.7 Å². The Hall–Kier alpha value is -1.89. The molecule has 0 unspecified atom stereocenters. The molecule has 5 aliphatic heterocycles. The van der Waals surface area contributed by atoms with E-state index >= 15 is 0 Å². The summed E-state index contributed by atoms with van der Waals surface area (Å²) in [5, 5.41) is 11.4. The number of nitrogens with zero attached hydrogens (tertiary/aromatic N) is 2. The van der Waals surface area contributed by atoms with Crippen LogP contribution < -0.4 is 4.90 Å². The smallest absolute Gasteiger partial charge is 0.319 e. The molecule has 1 aromatic rings. The number of likely N-dealkylation sites (tertiary alicyclic amines) is 1. The van der Waals surface area contributed by atoms with E-state index in [9.17, 15) is 9.90 Å². The SMILES string of the molecule is CC=C1COC(=O)[C@@]23[C@H](O)O[C@@H](C[C@@H]12)[C@]12N(C)CC[C@]31c1ccccc1N2C. The van der Waals surface area contributed by atoms with Gasteiger partial charge in [-0.15, -0.1) is 0 Å². The van der Waals surface area contributed by atoms with Gasteiger partial charge in [-0.3, -0.25) is 9.69 Å². The van der Waals surface area contributed by atoms with Crippen molar-refractivity contribution in [3.05, 3.63) is 41.5 Å². The zero-order chi connectivity index (χ0) is 19.5. The Bertz CT molecular complexity index is 931. The van der Waals surface area contributed by atoms with Crippen LogP contribution in [0.2, 0.25) is 0 Å². The second-order valence-corrected chi connectivity index (χ2v) is 8.95. The van der Waals surface area contributed by atoms with Crippen LogP contribution in [-0.4, -0.2) is 61.3 Å². The maximum Gasteiger partial charge on any atom is 0.319 e. The first-order chi connectivity index (χ1) is 13.5. The van der Waals surface area contributed by atoms with Crippen LogP contribution in [0.5, 0.6) is 0 Å². The second kappa shape index (κ2) is 4.99. The Morgan fingerprint density at radius 1 is 1.29 bits per heavy atom. The van der Waals surface area contributed by atoms with E-state index in [4.69, 9.17) is 9.47 Å². The molecular weight excluding hydrogens is 356 g/mol. The molecule has 5 fully saturated rings. The van der Waals surface area contributed by atoms with E-state index in [0.717, 1.165) is 36.2 Å². The number of benzene rings is 1. The third-order valence-electron chi connectivity index (χ3n) is 8.63. The molecule has 1 spiro atoms. The van der Waals surface area contributed by atoms with Crippen molar-refractivity contribution in [3.63, 3.8) is 0 Å². The molecule has 5 heterocycles. The topological polar surface area (TPSA) is 62.2 Å². The molecule has 2 bridgehead atoms. The highest BCUT2D eigenvalue weighted by atomic mass is 16.6. The summed E-state index contributed by atoms with van der Waals surface area (Å²) in [6.07, 6.45) is 2.22. The number of carbonyl (C=O) groups is 1. The molecule has 0 amide bonds. The fraction of sp³-hybridized carbons (Fsp3) is 0.591. The number of hydrogen-bond donors (Lipinski definition) is 1. The van der Waals surface area contributed by atoms with Crippen molar-refractivity contribution in [2.24, 2.45) is 11.3 Å². The van der Waals surface area contributed by atoms with Crippen molar-refractivity contribution in [2.45, 2.75) is 43.2 Å². The first-order valence-corrected chi connectivity index (χ1v) is 10.2. The van der Waals surface area contributed by atoms with Gasteiger partial charge in [0.1, 0.15) is 17.7 Å². The van der Waals surface area contributed by atoms with Crippen molar-refractivity contribution in [3.8, 4) is 0 Å². The zero-order valence-electron chi connectivity index (χ0n) is 16.5. The number of carbonyl (C=O) groups excluding carboxylic acids is 1. The van der Waals surface area contributed by atoms with E-state index in [1.807, 2.05) is 19.1 Å². The molecule has 28 heavy (non-hydrogen) atoms. The summed E-state index contributed by atoms with van der Waals surface area (Å²) in [7, 11) is 4.23. The van der Waals surface area contributed by atoms with Gasteiger partial charge in [0.2, 0.25) is 0 Å². The average molecular weight is 382 g/mol. The van der Waals surface area contributed by atoms with Crippen molar-refractivity contribution in [1.82, 2.24) is 4.90 Å².